The van der Waals surface area contributed by atoms with Crippen molar-refractivity contribution < 1.29 is 8.42 Å². The molecule has 6 heteroatoms. The van der Waals surface area contributed by atoms with Gasteiger partial charge >= 0.3 is 0 Å². The predicted octanol–water partition coefficient (Wildman–Crippen LogP) is 0.784. The Hall–Kier alpha value is -0.650. The highest BCUT2D eigenvalue weighted by atomic mass is 35.5. The Kier molecular flexibility index (Phi) is 3.24. The van der Waals surface area contributed by atoms with Crippen LogP contribution in [-0.4, -0.2) is 20.4 Å². The van der Waals surface area contributed by atoms with Crippen LogP contribution in [0.5, 0.6) is 0 Å². The minimum atomic E-state index is -3.24. The van der Waals surface area contributed by atoms with Gasteiger partial charge in [-0.25, -0.2) is 13.1 Å². The van der Waals surface area contributed by atoms with Gasteiger partial charge in [0, 0.05) is 6.20 Å². The fourth-order valence-corrected chi connectivity index (χ4v) is 1.57. The molecule has 0 amide bonds. The maximum Gasteiger partial charge on any atom is 0.217 e. The summed E-state index contributed by atoms with van der Waals surface area (Å²) in [6.45, 7) is 0. The van der Waals surface area contributed by atoms with Gasteiger partial charge in [0.1, 0.15) is 5.75 Å². The maximum absolute atomic E-state index is 11.1. The Morgan fingerprint density at radius 3 is 2.69 bits per heavy atom. The first kappa shape index (κ1) is 10.4. The number of pyridine rings is 1. The molecule has 1 rings (SSSR count). The fourth-order valence-electron chi connectivity index (χ4n) is 0.759. The second kappa shape index (κ2) is 4.04. The highest BCUT2D eigenvalue weighted by Crippen LogP contribution is 2.07. The lowest BCUT2D eigenvalue weighted by atomic mass is 10.4. The monoisotopic (exact) mass is 220 g/mol. The molecule has 1 N–H and O–H groups in total. The lowest BCUT2D eigenvalue weighted by Crippen LogP contribution is -2.20. The molecule has 1 heterocycles. The number of rotatable bonds is 3. The third-order valence-electron chi connectivity index (χ3n) is 1.44. The van der Waals surface area contributed by atoms with Crippen molar-refractivity contribution >= 4 is 21.6 Å². The smallest absolute Gasteiger partial charge is 0.217 e. The Bertz CT molecular complexity index is 374. The predicted molar refractivity (Wildman–Crippen MR) is 50.9 cm³/mol. The Morgan fingerprint density at radius 2 is 2.23 bits per heavy atom. The molecule has 0 aliphatic heterocycles. The molecule has 0 spiro atoms. The standard InChI is InChI=1S/C7H9ClN2O2S/c1-9-13(11,12)5-7-3-2-6(8)4-10-7/h2-4,9H,5H2,1H3. The van der Waals surface area contributed by atoms with E-state index < -0.39 is 10.0 Å². The van der Waals surface area contributed by atoms with Crippen LogP contribution >= 0.6 is 11.6 Å². The van der Waals surface area contributed by atoms with Crippen molar-refractivity contribution in [3.8, 4) is 0 Å². The van der Waals surface area contributed by atoms with Crippen molar-refractivity contribution in [1.82, 2.24) is 9.71 Å². The number of hydrogen-bond acceptors (Lipinski definition) is 3. The van der Waals surface area contributed by atoms with E-state index in [0.717, 1.165) is 0 Å². The van der Waals surface area contributed by atoms with Gasteiger partial charge in [-0.05, 0) is 19.2 Å². The van der Waals surface area contributed by atoms with E-state index in [0.29, 0.717) is 10.7 Å². The van der Waals surface area contributed by atoms with Crippen LogP contribution in [-0.2, 0) is 15.8 Å². The van der Waals surface area contributed by atoms with Crippen molar-refractivity contribution in [2.45, 2.75) is 5.75 Å². The molecule has 1 aromatic heterocycles. The summed E-state index contributed by atoms with van der Waals surface area (Å²) >= 11 is 5.59. The number of halogens is 1. The van der Waals surface area contributed by atoms with E-state index in [-0.39, 0.29) is 5.75 Å². The maximum atomic E-state index is 11.1. The highest BCUT2D eigenvalue weighted by molar-refractivity contribution is 7.88. The van der Waals surface area contributed by atoms with Gasteiger partial charge in [0.05, 0.1) is 10.7 Å². The van der Waals surface area contributed by atoms with E-state index in [4.69, 9.17) is 11.6 Å². The zero-order valence-electron chi connectivity index (χ0n) is 6.99. The van der Waals surface area contributed by atoms with E-state index >= 15 is 0 Å². The van der Waals surface area contributed by atoms with Gasteiger partial charge in [0.15, 0.2) is 0 Å². The third kappa shape index (κ3) is 3.30. The van der Waals surface area contributed by atoms with Gasteiger partial charge in [-0.1, -0.05) is 11.6 Å². The van der Waals surface area contributed by atoms with Crippen molar-refractivity contribution in [3.05, 3.63) is 29.0 Å². The molecule has 4 nitrogen and oxygen atoms in total. The summed E-state index contributed by atoms with van der Waals surface area (Å²) in [5.74, 6) is -0.124. The molecular formula is C7H9ClN2O2S. The number of hydrogen-bond donors (Lipinski definition) is 1. The van der Waals surface area contributed by atoms with Crippen LogP contribution in [0.2, 0.25) is 5.02 Å². The molecule has 0 fully saturated rings. The SMILES string of the molecule is CNS(=O)(=O)Cc1ccc(Cl)cn1. The second-order valence-electron chi connectivity index (χ2n) is 2.43. The summed E-state index contributed by atoms with van der Waals surface area (Å²) in [5, 5.41) is 0.491. The quantitative estimate of drug-likeness (QED) is 0.819. The van der Waals surface area contributed by atoms with E-state index in [1.807, 2.05) is 0 Å². The molecule has 0 atom stereocenters. The molecule has 0 aromatic carbocycles. The Morgan fingerprint density at radius 1 is 1.54 bits per heavy atom. The van der Waals surface area contributed by atoms with Crippen molar-refractivity contribution in [2.75, 3.05) is 7.05 Å². The molecule has 0 aliphatic carbocycles. The van der Waals surface area contributed by atoms with Crippen LogP contribution < -0.4 is 4.72 Å². The molecule has 0 saturated heterocycles. The van der Waals surface area contributed by atoms with Gasteiger partial charge in [-0.2, -0.15) is 0 Å². The van der Waals surface area contributed by atoms with Crippen molar-refractivity contribution in [3.63, 3.8) is 0 Å². The molecule has 0 bridgehead atoms. The normalized spacial score (nSPS) is 11.5. The van der Waals surface area contributed by atoms with Gasteiger partial charge in [-0.3, -0.25) is 4.98 Å². The van der Waals surface area contributed by atoms with Crippen LogP contribution in [0.3, 0.4) is 0 Å². The summed E-state index contributed by atoms with van der Waals surface area (Å²) in [6.07, 6.45) is 1.42. The van der Waals surface area contributed by atoms with Crippen LogP contribution in [0.25, 0.3) is 0 Å². The summed E-state index contributed by atoms with van der Waals surface area (Å²) < 4.78 is 24.3. The van der Waals surface area contributed by atoms with Crippen LogP contribution in [0.15, 0.2) is 18.3 Å². The topological polar surface area (TPSA) is 59.1 Å². The summed E-state index contributed by atoms with van der Waals surface area (Å²) in [4.78, 5) is 3.86. The molecule has 1 aromatic rings. The second-order valence-corrected chi connectivity index (χ2v) is 4.79. The first-order valence-electron chi connectivity index (χ1n) is 3.55. The van der Waals surface area contributed by atoms with E-state index in [9.17, 15) is 8.42 Å². The highest BCUT2D eigenvalue weighted by Gasteiger charge is 2.08. The minimum absolute atomic E-state index is 0.124. The van der Waals surface area contributed by atoms with Gasteiger partial charge in [0.25, 0.3) is 0 Å². The first-order chi connectivity index (χ1) is 6.03. The summed E-state index contributed by atoms with van der Waals surface area (Å²) in [6, 6.07) is 3.19. The van der Waals surface area contributed by atoms with Gasteiger partial charge < -0.3 is 0 Å². The van der Waals surface area contributed by atoms with E-state index in [1.165, 1.54) is 13.2 Å². The lowest BCUT2D eigenvalue weighted by Gasteiger charge is -2.00. The summed E-state index contributed by atoms with van der Waals surface area (Å²) in [7, 11) is -1.87. The number of sulfonamides is 1. The molecule has 0 unspecified atom stereocenters. The van der Waals surface area contributed by atoms with E-state index in [2.05, 4.69) is 9.71 Å². The van der Waals surface area contributed by atoms with Gasteiger partial charge in [0.2, 0.25) is 10.0 Å². The largest absolute Gasteiger partial charge is 0.259 e. The fraction of sp³-hybridized carbons (Fsp3) is 0.286. The van der Waals surface area contributed by atoms with Crippen molar-refractivity contribution in [1.29, 1.82) is 0 Å². The average Bonchev–Trinajstić information content (AvgIpc) is 2.09. The van der Waals surface area contributed by atoms with E-state index in [1.54, 1.807) is 12.1 Å². The molecule has 0 aliphatic rings. The van der Waals surface area contributed by atoms with Crippen LogP contribution in [0.1, 0.15) is 5.69 Å². The van der Waals surface area contributed by atoms with Crippen molar-refractivity contribution in [2.24, 2.45) is 0 Å². The molecule has 0 saturated carbocycles. The molecule has 0 radical (unpaired) electrons. The number of nitrogens with one attached hydrogen (secondary N) is 1. The average molecular weight is 221 g/mol. The van der Waals surface area contributed by atoms with Crippen LogP contribution in [0, 0.1) is 0 Å². The first-order valence-corrected chi connectivity index (χ1v) is 5.58. The Balaban J connectivity index is 2.82. The zero-order chi connectivity index (χ0) is 9.90. The Labute approximate surface area is 82.0 Å². The molecule has 13 heavy (non-hydrogen) atoms. The zero-order valence-corrected chi connectivity index (χ0v) is 8.56. The summed E-state index contributed by atoms with van der Waals surface area (Å²) in [5.41, 5.74) is 0.471. The number of nitrogens with zero attached hydrogens (tertiary/aromatic N) is 1. The number of aromatic nitrogens is 1. The van der Waals surface area contributed by atoms with Crippen LogP contribution in [0.4, 0.5) is 0 Å². The lowest BCUT2D eigenvalue weighted by molar-refractivity contribution is 0.587. The molecule has 72 valence electrons. The van der Waals surface area contributed by atoms with Gasteiger partial charge in [-0.15, -0.1) is 0 Å². The third-order valence-corrected chi connectivity index (χ3v) is 2.96. The molecular weight excluding hydrogens is 212 g/mol. The minimum Gasteiger partial charge on any atom is -0.259 e.